The van der Waals surface area contributed by atoms with Crippen molar-refractivity contribution in [3.63, 3.8) is 0 Å². The molecule has 128 valence electrons. The standard InChI is InChI=1S/C17H13BrClN3O2S/c1-24-16-6-5-11(7-14(16)18)15(23)9-25-17-21-20-10-22(17)13-4-2-3-12(19)8-13/h2-8,10H,9H2,1H3. The van der Waals surface area contributed by atoms with E-state index in [1.54, 1.807) is 42.3 Å². The number of methoxy groups -OCH3 is 1. The number of hydrogen-bond acceptors (Lipinski definition) is 5. The number of rotatable bonds is 6. The van der Waals surface area contributed by atoms with Crippen LogP contribution < -0.4 is 4.74 Å². The number of carbonyl (C=O) groups excluding carboxylic acids is 1. The minimum atomic E-state index is -0.00556. The monoisotopic (exact) mass is 437 g/mol. The molecule has 0 spiro atoms. The Morgan fingerprint density at radius 3 is 2.88 bits per heavy atom. The summed E-state index contributed by atoms with van der Waals surface area (Å²) in [5.74, 6) is 0.928. The summed E-state index contributed by atoms with van der Waals surface area (Å²) in [4.78, 5) is 12.4. The molecule has 3 rings (SSSR count). The van der Waals surface area contributed by atoms with Gasteiger partial charge in [-0.3, -0.25) is 9.36 Å². The van der Waals surface area contributed by atoms with Gasteiger partial charge in [-0.15, -0.1) is 10.2 Å². The molecule has 25 heavy (non-hydrogen) atoms. The van der Waals surface area contributed by atoms with Crippen molar-refractivity contribution in [3.8, 4) is 11.4 Å². The maximum atomic E-state index is 12.4. The van der Waals surface area contributed by atoms with E-state index < -0.39 is 0 Å². The number of benzene rings is 2. The van der Waals surface area contributed by atoms with Crippen molar-refractivity contribution < 1.29 is 9.53 Å². The Bertz CT molecular complexity index is 916. The van der Waals surface area contributed by atoms with E-state index in [0.717, 1.165) is 10.2 Å². The van der Waals surface area contributed by atoms with Crippen LogP contribution in [0.2, 0.25) is 5.02 Å². The van der Waals surface area contributed by atoms with Crippen molar-refractivity contribution in [1.29, 1.82) is 0 Å². The number of halogens is 2. The van der Waals surface area contributed by atoms with E-state index in [-0.39, 0.29) is 11.5 Å². The third-order valence-electron chi connectivity index (χ3n) is 3.41. The molecule has 0 aliphatic heterocycles. The van der Waals surface area contributed by atoms with E-state index in [1.807, 2.05) is 18.2 Å². The molecule has 3 aromatic rings. The minimum absolute atomic E-state index is 0.00556. The van der Waals surface area contributed by atoms with Crippen molar-refractivity contribution >= 4 is 45.1 Å². The normalized spacial score (nSPS) is 10.7. The van der Waals surface area contributed by atoms with Crippen molar-refractivity contribution in [1.82, 2.24) is 14.8 Å². The van der Waals surface area contributed by atoms with Crippen LogP contribution in [0.25, 0.3) is 5.69 Å². The second-order valence-corrected chi connectivity index (χ2v) is 7.26. The summed E-state index contributed by atoms with van der Waals surface area (Å²) >= 11 is 10.7. The predicted molar refractivity (Wildman–Crippen MR) is 102 cm³/mol. The molecule has 2 aromatic carbocycles. The average Bonchev–Trinajstić information content (AvgIpc) is 3.08. The molecule has 5 nitrogen and oxygen atoms in total. The molecule has 1 heterocycles. The predicted octanol–water partition coefficient (Wildman–Crippen LogP) is 4.67. The van der Waals surface area contributed by atoms with E-state index in [9.17, 15) is 4.79 Å². The molecule has 0 fully saturated rings. The molecular formula is C17H13BrClN3O2S. The van der Waals surface area contributed by atoms with Crippen LogP contribution in [0.4, 0.5) is 0 Å². The second kappa shape index (κ2) is 8.03. The van der Waals surface area contributed by atoms with E-state index in [4.69, 9.17) is 16.3 Å². The highest BCUT2D eigenvalue weighted by molar-refractivity contribution is 9.10. The fourth-order valence-electron chi connectivity index (χ4n) is 2.18. The Morgan fingerprint density at radius 2 is 2.16 bits per heavy atom. The molecule has 0 radical (unpaired) electrons. The molecule has 0 aliphatic rings. The summed E-state index contributed by atoms with van der Waals surface area (Å²) in [5.41, 5.74) is 1.45. The number of hydrogen-bond donors (Lipinski definition) is 0. The molecule has 0 aliphatic carbocycles. The lowest BCUT2D eigenvalue weighted by atomic mass is 10.1. The molecule has 1 aromatic heterocycles. The van der Waals surface area contributed by atoms with E-state index in [1.165, 1.54) is 11.8 Å². The van der Waals surface area contributed by atoms with E-state index in [2.05, 4.69) is 26.1 Å². The summed E-state index contributed by atoms with van der Waals surface area (Å²) in [6.45, 7) is 0. The van der Waals surface area contributed by atoms with Gasteiger partial charge >= 0.3 is 0 Å². The molecule has 0 amide bonds. The van der Waals surface area contributed by atoms with Gasteiger partial charge in [0, 0.05) is 10.6 Å². The first kappa shape index (κ1) is 18.0. The molecule has 8 heteroatoms. The lowest BCUT2D eigenvalue weighted by molar-refractivity contribution is 0.102. The van der Waals surface area contributed by atoms with Crippen molar-refractivity contribution in [2.24, 2.45) is 0 Å². The zero-order valence-electron chi connectivity index (χ0n) is 13.1. The van der Waals surface area contributed by atoms with Gasteiger partial charge < -0.3 is 4.74 Å². The minimum Gasteiger partial charge on any atom is -0.496 e. The lowest BCUT2D eigenvalue weighted by Gasteiger charge is -2.07. The number of Topliss-reactive ketones (excluding diaryl/α,β-unsaturated/α-hetero) is 1. The van der Waals surface area contributed by atoms with Gasteiger partial charge in [0.15, 0.2) is 10.9 Å². The van der Waals surface area contributed by atoms with Gasteiger partial charge in [-0.2, -0.15) is 0 Å². The molecule has 0 bridgehead atoms. The number of carbonyl (C=O) groups is 1. The summed E-state index contributed by atoms with van der Waals surface area (Å²) in [6, 6.07) is 12.6. The molecule has 0 unspecified atom stereocenters. The highest BCUT2D eigenvalue weighted by Crippen LogP contribution is 2.27. The molecule has 0 saturated carbocycles. The number of ether oxygens (including phenoxy) is 1. The second-order valence-electron chi connectivity index (χ2n) is 5.02. The van der Waals surface area contributed by atoms with E-state index in [0.29, 0.717) is 21.5 Å². The van der Waals surface area contributed by atoms with Crippen LogP contribution in [-0.4, -0.2) is 33.4 Å². The van der Waals surface area contributed by atoms with Gasteiger partial charge in [0.1, 0.15) is 12.1 Å². The number of thioether (sulfide) groups is 1. The highest BCUT2D eigenvalue weighted by atomic mass is 79.9. The van der Waals surface area contributed by atoms with Gasteiger partial charge in [0.25, 0.3) is 0 Å². The quantitative estimate of drug-likeness (QED) is 0.413. The third-order valence-corrected chi connectivity index (χ3v) is 5.21. The fourth-order valence-corrected chi connectivity index (χ4v) is 3.73. The topological polar surface area (TPSA) is 57.0 Å². The van der Waals surface area contributed by atoms with Gasteiger partial charge in [-0.05, 0) is 52.3 Å². The number of ketones is 1. The Morgan fingerprint density at radius 1 is 1.32 bits per heavy atom. The van der Waals surface area contributed by atoms with E-state index >= 15 is 0 Å². The lowest BCUT2D eigenvalue weighted by Crippen LogP contribution is -2.04. The van der Waals surface area contributed by atoms with Crippen LogP contribution in [0.3, 0.4) is 0 Å². The SMILES string of the molecule is COc1ccc(C(=O)CSc2nncn2-c2cccc(Cl)c2)cc1Br. The van der Waals surface area contributed by atoms with Crippen LogP contribution in [0.5, 0.6) is 5.75 Å². The fraction of sp³-hybridized carbons (Fsp3) is 0.118. The Balaban J connectivity index is 1.73. The Labute approximate surface area is 162 Å². The van der Waals surface area contributed by atoms with Crippen LogP contribution >= 0.6 is 39.3 Å². The largest absolute Gasteiger partial charge is 0.496 e. The van der Waals surface area contributed by atoms with Crippen LogP contribution in [-0.2, 0) is 0 Å². The molecule has 0 N–H and O–H groups in total. The first-order valence-electron chi connectivity index (χ1n) is 7.24. The Kier molecular flexibility index (Phi) is 5.78. The van der Waals surface area contributed by atoms with Crippen LogP contribution in [0.1, 0.15) is 10.4 Å². The zero-order valence-corrected chi connectivity index (χ0v) is 16.3. The summed E-state index contributed by atoms with van der Waals surface area (Å²) < 4.78 is 7.72. The Hall–Kier alpha value is -1.83. The smallest absolute Gasteiger partial charge is 0.196 e. The van der Waals surface area contributed by atoms with Gasteiger partial charge in [-0.1, -0.05) is 29.4 Å². The maximum Gasteiger partial charge on any atom is 0.196 e. The molecule has 0 atom stereocenters. The van der Waals surface area contributed by atoms with Gasteiger partial charge in [0.05, 0.1) is 23.0 Å². The van der Waals surface area contributed by atoms with Gasteiger partial charge in [0.2, 0.25) is 0 Å². The number of nitrogens with zero attached hydrogens (tertiary/aromatic N) is 3. The third kappa shape index (κ3) is 4.23. The van der Waals surface area contributed by atoms with Crippen molar-refractivity contribution in [2.45, 2.75) is 5.16 Å². The van der Waals surface area contributed by atoms with Crippen LogP contribution in [0, 0.1) is 0 Å². The average molecular weight is 439 g/mol. The zero-order chi connectivity index (χ0) is 17.8. The van der Waals surface area contributed by atoms with Crippen molar-refractivity contribution in [2.75, 3.05) is 12.9 Å². The highest BCUT2D eigenvalue weighted by Gasteiger charge is 2.13. The number of aromatic nitrogens is 3. The van der Waals surface area contributed by atoms with Crippen LogP contribution in [0.15, 0.2) is 58.4 Å². The summed E-state index contributed by atoms with van der Waals surface area (Å²) in [5, 5.41) is 9.27. The summed E-state index contributed by atoms with van der Waals surface area (Å²) in [7, 11) is 1.58. The molecule has 0 saturated heterocycles. The maximum absolute atomic E-state index is 12.4. The van der Waals surface area contributed by atoms with Gasteiger partial charge in [-0.25, -0.2) is 0 Å². The van der Waals surface area contributed by atoms with Crippen molar-refractivity contribution in [3.05, 3.63) is 63.9 Å². The molecular weight excluding hydrogens is 426 g/mol. The summed E-state index contributed by atoms with van der Waals surface area (Å²) in [6.07, 6.45) is 1.60. The first-order valence-corrected chi connectivity index (χ1v) is 9.39. The first-order chi connectivity index (χ1) is 12.1.